The maximum absolute atomic E-state index is 12.5. The lowest BCUT2D eigenvalue weighted by molar-refractivity contribution is 0.0946. The molecule has 0 aromatic carbocycles. The van der Waals surface area contributed by atoms with Crippen LogP contribution < -0.4 is 10.2 Å². The van der Waals surface area contributed by atoms with Crippen molar-refractivity contribution in [1.29, 1.82) is 5.26 Å². The molecular weight excluding hydrogens is 526 g/mol. The van der Waals surface area contributed by atoms with Crippen LogP contribution in [0.5, 0.6) is 0 Å². The molecule has 1 saturated heterocycles. The number of rotatable bonds is 6. The van der Waals surface area contributed by atoms with Crippen molar-refractivity contribution < 1.29 is 4.79 Å². The second-order valence-corrected chi connectivity index (χ2v) is 10.8. The summed E-state index contributed by atoms with van der Waals surface area (Å²) in [5.41, 5.74) is 5.26. The monoisotopic (exact) mass is 549 g/mol. The van der Waals surface area contributed by atoms with E-state index in [4.69, 9.17) is 16.6 Å². The summed E-state index contributed by atoms with van der Waals surface area (Å²) in [6, 6.07) is 11.8. The van der Waals surface area contributed by atoms with Crippen LogP contribution in [0, 0.1) is 29.1 Å². The Hall–Kier alpha value is -4.75. The summed E-state index contributed by atoms with van der Waals surface area (Å²) >= 11 is 6.10. The van der Waals surface area contributed by atoms with Crippen molar-refractivity contribution in [2.45, 2.75) is 0 Å². The molecule has 5 aromatic rings. The van der Waals surface area contributed by atoms with E-state index in [0.717, 1.165) is 46.7 Å². The Labute approximate surface area is 234 Å². The van der Waals surface area contributed by atoms with E-state index in [1.165, 1.54) is 0 Å². The number of amides is 1. The van der Waals surface area contributed by atoms with Crippen LogP contribution in [-0.4, -0.2) is 54.9 Å². The highest BCUT2D eigenvalue weighted by atomic mass is 35.5. The van der Waals surface area contributed by atoms with Crippen LogP contribution in [0.4, 0.5) is 5.82 Å². The summed E-state index contributed by atoms with van der Waals surface area (Å²) in [7, 11) is 1.88. The van der Waals surface area contributed by atoms with Gasteiger partial charge in [0.05, 0.1) is 28.5 Å². The first kappa shape index (κ1) is 24.3. The summed E-state index contributed by atoms with van der Waals surface area (Å²) in [6.45, 7) is 2.44. The normalized spacial score (nSPS) is 19.4. The van der Waals surface area contributed by atoms with Crippen LogP contribution in [0.25, 0.3) is 27.8 Å². The van der Waals surface area contributed by atoms with Crippen LogP contribution in [0.2, 0.25) is 5.02 Å². The average molecular weight is 550 g/mol. The number of nitriles is 1. The third-order valence-corrected chi connectivity index (χ3v) is 8.30. The number of hydrogen-bond donors (Lipinski definition) is 1. The Bertz CT molecular complexity index is 1790. The van der Waals surface area contributed by atoms with Crippen LogP contribution in [0.15, 0.2) is 67.5 Å². The molecule has 40 heavy (non-hydrogen) atoms. The second-order valence-electron chi connectivity index (χ2n) is 10.4. The van der Waals surface area contributed by atoms with Gasteiger partial charge in [0, 0.05) is 73.7 Å². The molecule has 1 amide bonds. The Balaban J connectivity index is 1.06. The Morgan fingerprint density at radius 3 is 2.62 bits per heavy atom. The number of aryl methyl sites for hydroxylation is 1. The second kappa shape index (κ2) is 9.47. The molecule has 1 N–H and O–H groups in total. The minimum absolute atomic E-state index is 0.232. The van der Waals surface area contributed by atoms with Crippen molar-refractivity contribution in [3.05, 3.63) is 83.8 Å². The lowest BCUT2D eigenvalue weighted by Gasteiger charge is -2.21. The molecule has 0 unspecified atom stereocenters. The van der Waals surface area contributed by atoms with Gasteiger partial charge < -0.3 is 10.2 Å². The standard InChI is InChI=1S/C29H24ClN9O/c1-37-13-20(11-35-37)18-7-21(28-19(8-31)10-36-39(28)14-18)17-4-5-26(33-9-17)38-15-23-22(24(23)16-38)12-34-29(40)27-25(30)3-2-6-32-27/h2-7,9-11,13-14,22-24H,12,15-16H2,1H3,(H,34,40)/t22-,23-,24+. The quantitative estimate of drug-likeness (QED) is 0.342. The van der Waals surface area contributed by atoms with Gasteiger partial charge in [-0.1, -0.05) is 11.6 Å². The number of pyridine rings is 3. The number of nitrogens with zero attached hydrogens (tertiary/aromatic N) is 8. The minimum atomic E-state index is -0.232. The number of carbonyl (C=O) groups is 1. The van der Waals surface area contributed by atoms with Gasteiger partial charge >= 0.3 is 0 Å². The predicted molar refractivity (Wildman–Crippen MR) is 150 cm³/mol. The SMILES string of the molecule is Cn1cc(-c2cc(-c3ccc(N4C[C@@H]5[C@@H](CNC(=O)c6ncccc6Cl)[C@@H]5C4)nc3)c3c(C#N)cnn3c2)cn1. The first-order valence-corrected chi connectivity index (χ1v) is 13.4. The van der Waals surface area contributed by atoms with Gasteiger partial charge in [-0.15, -0.1) is 0 Å². The van der Waals surface area contributed by atoms with E-state index in [2.05, 4.69) is 43.6 Å². The van der Waals surface area contributed by atoms with E-state index in [9.17, 15) is 10.1 Å². The van der Waals surface area contributed by atoms with E-state index in [-0.39, 0.29) is 11.6 Å². The fourth-order valence-corrected chi connectivity index (χ4v) is 6.08. The summed E-state index contributed by atoms with van der Waals surface area (Å²) < 4.78 is 3.51. The predicted octanol–water partition coefficient (Wildman–Crippen LogP) is 3.83. The third-order valence-electron chi connectivity index (χ3n) is 8.00. The van der Waals surface area contributed by atoms with Gasteiger partial charge in [0.2, 0.25) is 0 Å². The van der Waals surface area contributed by atoms with Crippen LogP contribution in [0.1, 0.15) is 16.1 Å². The van der Waals surface area contributed by atoms with Crippen LogP contribution >= 0.6 is 11.6 Å². The molecule has 0 radical (unpaired) electrons. The summed E-state index contributed by atoms with van der Waals surface area (Å²) in [4.78, 5) is 23.6. The molecule has 5 aromatic heterocycles. The highest BCUT2D eigenvalue weighted by Crippen LogP contribution is 2.52. The smallest absolute Gasteiger partial charge is 0.271 e. The maximum atomic E-state index is 12.5. The summed E-state index contributed by atoms with van der Waals surface area (Å²) in [5, 5.41) is 21.8. The van der Waals surface area contributed by atoms with Gasteiger partial charge in [0.1, 0.15) is 17.6 Å². The van der Waals surface area contributed by atoms with Gasteiger partial charge in [0.15, 0.2) is 0 Å². The van der Waals surface area contributed by atoms with Crippen LogP contribution in [0.3, 0.4) is 0 Å². The van der Waals surface area contributed by atoms with E-state index in [1.54, 1.807) is 33.7 Å². The zero-order valence-corrected chi connectivity index (χ0v) is 22.3. The minimum Gasteiger partial charge on any atom is -0.356 e. The fraction of sp³-hybridized carbons (Fsp3) is 0.241. The van der Waals surface area contributed by atoms with Gasteiger partial charge in [-0.3, -0.25) is 9.48 Å². The highest BCUT2D eigenvalue weighted by molar-refractivity contribution is 6.33. The highest BCUT2D eigenvalue weighted by Gasteiger charge is 2.55. The molecule has 10 nitrogen and oxygen atoms in total. The number of nitrogens with one attached hydrogen (secondary N) is 1. The van der Waals surface area contributed by atoms with E-state index < -0.39 is 0 Å². The molecule has 1 aliphatic heterocycles. The number of carbonyl (C=O) groups excluding carboxylic acids is 1. The number of aromatic nitrogens is 6. The van der Waals surface area contributed by atoms with Crippen molar-refractivity contribution in [3.8, 4) is 28.3 Å². The molecule has 6 heterocycles. The average Bonchev–Trinajstić information content (AvgIpc) is 3.41. The molecule has 11 heteroatoms. The Morgan fingerprint density at radius 2 is 1.93 bits per heavy atom. The van der Waals surface area contributed by atoms with Gasteiger partial charge in [-0.2, -0.15) is 15.5 Å². The molecular formula is C29H24ClN9O. The molecule has 1 aliphatic carbocycles. The summed E-state index contributed by atoms with van der Waals surface area (Å²) in [6.07, 6.45) is 10.7. The molecule has 7 rings (SSSR count). The van der Waals surface area contributed by atoms with Crippen LogP contribution in [-0.2, 0) is 7.05 Å². The number of piperidine rings is 1. The zero-order chi connectivity index (χ0) is 27.4. The summed E-state index contributed by atoms with van der Waals surface area (Å²) in [5.74, 6) is 2.21. The zero-order valence-electron chi connectivity index (χ0n) is 21.6. The van der Waals surface area contributed by atoms with Gasteiger partial charge in [0.25, 0.3) is 5.91 Å². The van der Waals surface area contributed by atoms with Gasteiger partial charge in [-0.25, -0.2) is 14.5 Å². The largest absolute Gasteiger partial charge is 0.356 e. The number of fused-ring (bicyclic) bond motifs is 2. The van der Waals surface area contributed by atoms with Crippen molar-refractivity contribution >= 4 is 28.8 Å². The molecule has 198 valence electrons. The fourth-order valence-electron chi connectivity index (χ4n) is 5.87. The molecule has 1 saturated carbocycles. The Kier molecular flexibility index (Phi) is 5.75. The lowest BCUT2D eigenvalue weighted by Crippen LogP contribution is -2.31. The molecule has 0 bridgehead atoms. The maximum Gasteiger partial charge on any atom is 0.271 e. The molecule has 3 atom stereocenters. The molecule has 2 aliphatic rings. The number of anilines is 1. The van der Waals surface area contributed by atoms with E-state index in [0.29, 0.717) is 34.9 Å². The molecule has 2 fully saturated rings. The van der Waals surface area contributed by atoms with Crippen molar-refractivity contribution in [1.82, 2.24) is 34.7 Å². The third kappa shape index (κ3) is 4.15. The topological polar surface area (TPSA) is 117 Å². The number of hydrogen-bond acceptors (Lipinski definition) is 7. The first-order valence-electron chi connectivity index (χ1n) is 13.0. The Morgan fingerprint density at radius 1 is 1.07 bits per heavy atom. The van der Waals surface area contributed by atoms with Crippen molar-refractivity contribution in [2.24, 2.45) is 24.8 Å². The first-order chi connectivity index (χ1) is 19.5. The van der Waals surface area contributed by atoms with Crippen molar-refractivity contribution in [3.63, 3.8) is 0 Å². The van der Waals surface area contributed by atoms with E-state index >= 15 is 0 Å². The van der Waals surface area contributed by atoms with Crippen molar-refractivity contribution in [2.75, 3.05) is 24.5 Å². The number of halogens is 1. The lowest BCUT2D eigenvalue weighted by atomic mass is 10.0. The molecule has 0 spiro atoms. The van der Waals surface area contributed by atoms with Gasteiger partial charge in [-0.05, 0) is 48.1 Å². The van der Waals surface area contributed by atoms with E-state index in [1.807, 2.05) is 37.9 Å².